The third-order valence-electron chi connectivity index (χ3n) is 2.89. The maximum atomic E-state index is 10.2. The van der Waals surface area contributed by atoms with Crippen molar-refractivity contribution in [2.45, 2.75) is 25.0 Å². The molecule has 5 nitrogen and oxygen atoms in total. The molecule has 2 N–H and O–H groups in total. The fraction of sp³-hybridized carbons (Fsp3) is 0.600. The Hall–Kier alpha value is -0.910. The minimum absolute atomic E-state index is 0.180. The van der Waals surface area contributed by atoms with Crippen LogP contribution in [0.3, 0.4) is 0 Å². The quantitative estimate of drug-likeness (QED) is 0.832. The largest absolute Gasteiger partial charge is 0.385 e. The van der Waals surface area contributed by atoms with Gasteiger partial charge in [0.25, 0.3) is 0 Å². The van der Waals surface area contributed by atoms with E-state index in [9.17, 15) is 5.11 Å². The lowest BCUT2D eigenvalue weighted by atomic mass is 9.97. The Balaban J connectivity index is 2.00. The van der Waals surface area contributed by atoms with Gasteiger partial charge in [0.2, 0.25) is 0 Å². The molecule has 1 aromatic heterocycles. The molecule has 0 bridgehead atoms. The van der Waals surface area contributed by atoms with E-state index in [-0.39, 0.29) is 6.10 Å². The van der Waals surface area contributed by atoms with Crippen LogP contribution in [0.2, 0.25) is 5.02 Å². The van der Waals surface area contributed by atoms with E-state index in [2.05, 4.69) is 15.3 Å². The number of rotatable bonds is 3. The third kappa shape index (κ3) is 2.26. The second kappa shape index (κ2) is 4.53. The summed E-state index contributed by atoms with van der Waals surface area (Å²) < 4.78 is 5.33. The second-order valence-corrected chi connectivity index (χ2v) is 4.35. The van der Waals surface area contributed by atoms with Crippen LogP contribution in [-0.4, -0.2) is 39.9 Å². The minimum atomic E-state index is -0.853. The van der Waals surface area contributed by atoms with Crippen molar-refractivity contribution in [2.24, 2.45) is 0 Å². The molecule has 16 heavy (non-hydrogen) atoms. The summed E-state index contributed by atoms with van der Waals surface area (Å²) in [6.45, 7) is 2.80. The van der Waals surface area contributed by atoms with Gasteiger partial charge in [-0.1, -0.05) is 11.6 Å². The normalized spacial score (nSPS) is 29.3. The molecule has 2 unspecified atom stereocenters. The number of nitrogens with one attached hydrogen (secondary N) is 1. The van der Waals surface area contributed by atoms with E-state index in [0.29, 0.717) is 30.4 Å². The topological polar surface area (TPSA) is 67.3 Å². The molecule has 0 spiro atoms. The molecule has 1 fully saturated rings. The maximum absolute atomic E-state index is 10.2. The first-order valence-electron chi connectivity index (χ1n) is 5.15. The highest BCUT2D eigenvalue weighted by molar-refractivity contribution is 6.32. The van der Waals surface area contributed by atoms with E-state index in [0.717, 1.165) is 0 Å². The molecule has 2 heterocycles. The van der Waals surface area contributed by atoms with Crippen LogP contribution in [0, 0.1) is 0 Å². The van der Waals surface area contributed by atoms with Crippen LogP contribution < -0.4 is 5.32 Å². The van der Waals surface area contributed by atoms with E-state index < -0.39 is 5.60 Å². The molecule has 0 aromatic carbocycles. The second-order valence-electron chi connectivity index (χ2n) is 3.94. The van der Waals surface area contributed by atoms with Crippen LogP contribution in [0.1, 0.15) is 13.3 Å². The highest BCUT2D eigenvalue weighted by Crippen LogP contribution is 2.26. The zero-order valence-electron chi connectivity index (χ0n) is 8.98. The van der Waals surface area contributed by atoms with Crippen LogP contribution in [0.5, 0.6) is 0 Å². The van der Waals surface area contributed by atoms with Crippen molar-refractivity contribution < 1.29 is 9.84 Å². The lowest BCUT2D eigenvalue weighted by molar-refractivity contribution is -0.0176. The van der Waals surface area contributed by atoms with Gasteiger partial charge in [-0.3, -0.25) is 0 Å². The molecular formula is C10H14ClN3O2. The lowest BCUT2D eigenvalue weighted by Gasteiger charge is -2.26. The SMILES string of the molecule is CC1OCCC1(O)CNc1ncncc1Cl. The average molecular weight is 244 g/mol. The zero-order valence-corrected chi connectivity index (χ0v) is 9.74. The van der Waals surface area contributed by atoms with Crippen molar-refractivity contribution in [3.63, 3.8) is 0 Å². The van der Waals surface area contributed by atoms with Gasteiger partial charge in [-0.25, -0.2) is 9.97 Å². The van der Waals surface area contributed by atoms with E-state index in [4.69, 9.17) is 16.3 Å². The molecular weight excluding hydrogens is 230 g/mol. The van der Waals surface area contributed by atoms with Crippen molar-refractivity contribution in [3.05, 3.63) is 17.5 Å². The molecule has 1 aliphatic rings. The Labute approximate surface area is 98.8 Å². The molecule has 2 atom stereocenters. The molecule has 0 amide bonds. The first-order chi connectivity index (χ1) is 7.62. The fourth-order valence-electron chi connectivity index (χ4n) is 1.68. The molecule has 6 heteroatoms. The molecule has 0 radical (unpaired) electrons. The molecule has 1 aromatic rings. The van der Waals surface area contributed by atoms with Crippen LogP contribution in [0.15, 0.2) is 12.5 Å². The van der Waals surface area contributed by atoms with Crippen molar-refractivity contribution >= 4 is 17.4 Å². The van der Waals surface area contributed by atoms with Crippen molar-refractivity contribution in [1.82, 2.24) is 9.97 Å². The third-order valence-corrected chi connectivity index (χ3v) is 3.17. The van der Waals surface area contributed by atoms with Gasteiger partial charge in [0.1, 0.15) is 22.8 Å². The highest BCUT2D eigenvalue weighted by Gasteiger charge is 2.39. The predicted molar refractivity (Wildman–Crippen MR) is 60.5 cm³/mol. The Morgan fingerprint density at radius 1 is 1.75 bits per heavy atom. The van der Waals surface area contributed by atoms with Gasteiger partial charge in [0, 0.05) is 19.6 Å². The van der Waals surface area contributed by atoms with E-state index in [1.165, 1.54) is 12.5 Å². The highest BCUT2D eigenvalue weighted by atomic mass is 35.5. The van der Waals surface area contributed by atoms with Crippen molar-refractivity contribution in [2.75, 3.05) is 18.5 Å². The van der Waals surface area contributed by atoms with E-state index >= 15 is 0 Å². The summed E-state index contributed by atoms with van der Waals surface area (Å²) in [7, 11) is 0. The van der Waals surface area contributed by atoms with Gasteiger partial charge in [0.05, 0.1) is 12.3 Å². The zero-order chi connectivity index (χ0) is 11.6. The van der Waals surface area contributed by atoms with Crippen LogP contribution in [0.4, 0.5) is 5.82 Å². The Kier molecular flexibility index (Phi) is 3.28. The smallest absolute Gasteiger partial charge is 0.148 e. The number of hydrogen-bond acceptors (Lipinski definition) is 5. The summed E-state index contributed by atoms with van der Waals surface area (Å²) in [5, 5.41) is 13.7. The number of aliphatic hydroxyl groups is 1. The van der Waals surface area contributed by atoms with E-state index in [1.807, 2.05) is 6.92 Å². The fourth-order valence-corrected chi connectivity index (χ4v) is 1.85. The van der Waals surface area contributed by atoms with E-state index in [1.54, 1.807) is 0 Å². The van der Waals surface area contributed by atoms with Crippen molar-refractivity contribution in [3.8, 4) is 0 Å². The summed E-state index contributed by atoms with van der Waals surface area (Å²) in [4.78, 5) is 7.78. The van der Waals surface area contributed by atoms with Crippen molar-refractivity contribution in [1.29, 1.82) is 0 Å². The molecule has 88 valence electrons. The number of ether oxygens (including phenoxy) is 1. The summed E-state index contributed by atoms with van der Waals surface area (Å²) in [5.41, 5.74) is -0.853. The van der Waals surface area contributed by atoms with Gasteiger partial charge in [-0.2, -0.15) is 0 Å². The summed E-state index contributed by atoms with van der Waals surface area (Å²) in [6, 6.07) is 0. The minimum Gasteiger partial charge on any atom is -0.385 e. The summed E-state index contributed by atoms with van der Waals surface area (Å²) in [6.07, 6.45) is 3.35. The molecule has 0 saturated carbocycles. The molecule has 1 aliphatic heterocycles. The van der Waals surface area contributed by atoms with Crippen LogP contribution in [-0.2, 0) is 4.74 Å². The standard InChI is InChI=1S/C10H14ClN3O2/c1-7-10(15,2-3-16-7)5-13-9-8(11)4-12-6-14-9/h4,6-7,15H,2-3,5H2,1H3,(H,12,13,14). The molecule has 0 aliphatic carbocycles. The first-order valence-corrected chi connectivity index (χ1v) is 5.53. The summed E-state index contributed by atoms with van der Waals surface area (Å²) >= 11 is 5.89. The Bertz CT molecular complexity index is 377. The number of anilines is 1. The number of halogens is 1. The number of aromatic nitrogens is 2. The Morgan fingerprint density at radius 2 is 2.56 bits per heavy atom. The van der Waals surface area contributed by atoms with Gasteiger partial charge < -0.3 is 15.2 Å². The molecule has 1 saturated heterocycles. The van der Waals surface area contributed by atoms with Crippen LogP contribution in [0.25, 0.3) is 0 Å². The maximum Gasteiger partial charge on any atom is 0.148 e. The van der Waals surface area contributed by atoms with Gasteiger partial charge >= 0.3 is 0 Å². The lowest BCUT2D eigenvalue weighted by Crippen LogP contribution is -2.43. The monoisotopic (exact) mass is 243 g/mol. The average Bonchev–Trinajstić information content (AvgIpc) is 2.59. The predicted octanol–water partition coefficient (Wildman–Crippen LogP) is 1.08. The van der Waals surface area contributed by atoms with Gasteiger partial charge in [-0.05, 0) is 6.92 Å². The molecule has 2 rings (SSSR count). The first kappa shape index (κ1) is 11.6. The number of hydrogen-bond donors (Lipinski definition) is 2. The van der Waals surface area contributed by atoms with Gasteiger partial charge in [-0.15, -0.1) is 0 Å². The van der Waals surface area contributed by atoms with Crippen LogP contribution >= 0.6 is 11.6 Å². The Morgan fingerprint density at radius 3 is 3.19 bits per heavy atom. The van der Waals surface area contributed by atoms with Gasteiger partial charge in [0.15, 0.2) is 0 Å². The summed E-state index contributed by atoms with van der Waals surface area (Å²) in [5.74, 6) is 0.532. The number of nitrogens with zero attached hydrogens (tertiary/aromatic N) is 2.